The molecule has 3 rings (SSSR count). The van der Waals surface area contributed by atoms with Crippen LogP contribution in [0.15, 0.2) is 18.2 Å². The predicted molar refractivity (Wildman–Crippen MR) is 82.6 cm³/mol. The lowest BCUT2D eigenvalue weighted by molar-refractivity contribution is -0.113. The Morgan fingerprint density at radius 1 is 1.33 bits per heavy atom. The Labute approximate surface area is 127 Å². The maximum atomic E-state index is 10.8. The number of rotatable bonds is 3. The van der Waals surface area contributed by atoms with Crippen molar-refractivity contribution in [2.24, 2.45) is 5.92 Å². The van der Waals surface area contributed by atoms with Crippen molar-refractivity contribution >= 4 is 0 Å². The monoisotopic (exact) mass is 290 g/mol. The molecule has 1 spiro atoms. The SMILES string of the molecule is COc1cc(C(O)C2CCOC3(CCCC3)C2)ccc1C. The van der Waals surface area contributed by atoms with Gasteiger partial charge < -0.3 is 14.6 Å². The van der Waals surface area contributed by atoms with Crippen LogP contribution >= 0.6 is 0 Å². The fourth-order valence-corrected chi connectivity index (χ4v) is 4.00. The minimum absolute atomic E-state index is 0.0542. The molecule has 0 amide bonds. The third-order valence-electron chi connectivity index (χ3n) is 5.27. The molecule has 1 saturated carbocycles. The number of benzene rings is 1. The van der Waals surface area contributed by atoms with E-state index in [1.165, 1.54) is 12.8 Å². The van der Waals surface area contributed by atoms with Gasteiger partial charge in [-0.15, -0.1) is 0 Å². The second kappa shape index (κ2) is 5.98. The Kier molecular flexibility index (Phi) is 4.23. The molecule has 116 valence electrons. The third-order valence-corrected chi connectivity index (χ3v) is 5.27. The van der Waals surface area contributed by atoms with E-state index in [9.17, 15) is 5.11 Å². The van der Waals surface area contributed by atoms with Gasteiger partial charge in [0.05, 0.1) is 18.8 Å². The van der Waals surface area contributed by atoms with Gasteiger partial charge in [0.25, 0.3) is 0 Å². The van der Waals surface area contributed by atoms with E-state index in [4.69, 9.17) is 9.47 Å². The van der Waals surface area contributed by atoms with Crippen LogP contribution in [0.1, 0.15) is 55.8 Å². The number of aliphatic hydroxyl groups excluding tert-OH is 1. The van der Waals surface area contributed by atoms with Gasteiger partial charge in [-0.1, -0.05) is 25.0 Å². The van der Waals surface area contributed by atoms with Gasteiger partial charge in [-0.05, 0) is 55.7 Å². The Morgan fingerprint density at radius 2 is 2.10 bits per heavy atom. The fourth-order valence-electron chi connectivity index (χ4n) is 4.00. The van der Waals surface area contributed by atoms with Crippen LogP contribution in [-0.4, -0.2) is 24.4 Å². The van der Waals surface area contributed by atoms with Crippen LogP contribution in [0, 0.1) is 12.8 Å². The van der Waals surface area contributed by atoms with Gasteiger partial charge in [0.15, 0.2) is 0 Å². The molecule has 2 aliphatic rings. The minimum atomic E-state index is -0.416. The first-order chi connectivity index (χ1) is 10.1. The molecular formula is C18H26O3. The summed E-state index contributed by atoms with van der Waals surface area (Å²) in [6.07, 6.45) is 6.37. The second-order valence-electron chi connectivity index (χ2n) is 6.67. The van der Waals surface area contributed by atoms with E-state index >= 15 is 0 Å². The highest BCUT2D eigenvalue weighted by molar-refractivity contribution is 5.37. The topological polar surface area (TPSA) is 38.7 Å². The number of methoxy groups -OCH3 is 1. The highest BCUT2D eigenvalue weighted by Crippen LogP contribution is 2.45. The van der Waals surface area contributed by atoms with Crippen molar-refractivity contribution in [3.63, 3.8) is 0 Å². The average Bonchev–Trinajstić information content (AvgIpc) is 2.95. The van der Waals surface area contributed by atoms with E-state index < -0.39 is 6.10 Å². The Hall–Kier alpha value is -1.06. The summed E-state index contributed by atoms with van der Waals surface area (Å²) in [6.45, 7) is 2.81. The molecule has 0 aromatic heterocycles. The van der Waals surface area contributed by atoms with Crippen LogP contribution in [0.25, 0.3) is 0 Å². The molecule has 1 saturated heterocycles. The number of hydrogen-bond donors (Lipinski definition) is 1. The van der Waals surface area contributed by atoms with Crippen LogP contribution in [-0.2, 0) is 4.74 Å². The third kappa shape index (κ3) is 2.95. The zero-order valence-electron chi connectivity index (χ0n) is 13.1. The standard InChI is InChI=1S/C18H26O3/c1-13-5-6-14(11-16(13)20-2)17(19)15-7-10-21-18(12-15)8-3-4-9-18/h5-6,11,15,17,19H,3-4,7-10,12H2,1-2H3. The molecule has 1 aromatic rings. The number of aryl methyl sites for hydroxylation is 1. The van der Waals surface area contributed by atoms with E-state index in [-0.39, 0.29) is 5.60 Å². The van der Waals surface area contributed by atoms with Crippen molar-refractivity contribution in [1.82, 2.24) is 0 Å². The van der Waals surface area contributed by atoms with Crippen LogP contribution in [0.3, 0.4) is 0 Å². The van der Waals surface area contributed by atoms with E-state index in [1.807, 2.05) is 25.1 Å². The van der Waals surface area contributed by atoms with Crippen molar-refractivity contribution in [3.05, 3.63) is 29.3 Å². The van der Waals surface area contributed by atoms with Gasteiger partial charge in [-0.3, -0.25) is 0 Å². The van der Waals surface area contributed by atoms with Crippen molar-refractivity contribution < 1.29 is 14.6 Å². The van der Waals surface area contributed by atoms with Crippen molar-refractivity contribution in [3.8, 4) is 5.75 Å². The number of aliphatic hydroxyl groups is 1. The smallest absolute Gasteiger partial charge is 0.122 e. The van der Waals surface area contributed by atoms with Gasteiger partial charge in [0, 0.05) is 6.61 Å². The molecule has 0 bridgehead atoms. The molecule has 21 heavy (non-hydrogen) atoms. The summed E-state index contributed by atoms with van der Waals surface area (Å²) in [5, 5.41) is 10.8. The normalized spacial score (nSPS) is 26.0. The van der Waals surface area contributed by atoms with Crippen molar-refractivity contribution in [2.45, 2.75) is 57.2 Å². The van der Waals surface area contributed by atoms with Crippen LogP contribution in [0.5, 0.6) is 5.75 Å². The Bertz CT molecular complexity index is 491. The van der Waals surface area contributed by atoms with Gasteiger partial charge >= 0.3 is 0 Å². The summed E-state index contributed by atoms with van der Waals surface area (Å²) < 4.78 is 11.5. The fraction of sp³-hybridized carbons (Fsp3) is 0.667. The summed E-state index contributed by atoms with van der Waals surface area (Å²) in [7, 11) is 1.68. The summed E-state index contributed by atoms with van der Waals surface area (Å²) >= 11 is 0. The Balaban J connectivity index is 1.76. The lowest BCUT2D eigenvalue weighted by atomic mass is 9.80. The predicted octanol–water partition coefficient (Wildman–Crippen LogP) is 3.78. The van der Waals surface area contributed by atoms with E-state index in [0.717, 1.165) is 49.2 Å². The molecule has 1 heterocycles. The molecule has 3 heteroatoms. The molecule has 1 N–H and O–H groups in total. The van der Waals surface area contributed by atoms with E-state index in [0.29, 0.717) is 5.92 Å². The van der Waals surface area contributed by atoms with Gasteiger partial charge in [0.2, 0.25) is 0 Å². The maximum absolute atomic E-state index is 10.8. The first kappa shape index (κ1) is 14.9. The summed E-state index contributed by atoms with van der Waals surface area (Å²) in [5.74, 6) is 1.15. The molecule has 1 aromatic carbocycles. The lowest BCUT2D eigenvalue weighted by Gasteiger charge is -2.40. The second-order valence-corrected chi connectivity index (χ2v) is 6.67. The first-order valence-electron chi connectivity index (χ1n) is 8.10. The average molecular weight is 290 g/mol. The molecule has 3 nitrogen and oxygen atoms in total. The molecule has 1 aliphatic carbocycles. The van der Waals surface area contributed by atoms with Crippen LogP contribution in [0.2, 0.25) is 0 Å². The first-order valence-corrected chi connectivity index (χ1v) is 8.10. The minimum Gasteiger partial charge on any atom is -0.496 e. The zero-order valence-corrected chi connectivity index (χ0v) is 13.1. The van der Waals surface area contributed by atoms with Crippen LogP contribution in [0.4, 0.5) is 0 Å². The molecule has 0 radical (unpaired) electrons. The maximum Gasteiger partial charge on any atom is 0.122 e. The van der Waals surface area contributed by atoms with E-state index in [1.54, 1.807) is 7.11 Å². The molecule has 2 atom stereocenters. The number of hydrogen-bond acceptors (Lipinski definition) is 3. The highest BCUT2D eigenvalue weighted by Gasteiger charge is 2.42. The molecule has 2 unspecified atom stereocenters. The Morgan fingerprint density at radius 3 is 2.81 bits per heavy atom. The molecule has 2 fully saturated rings. The van der Waals surface area contributed by atoms with Crippen molar-refractivity contribution in [1.29, 1.82) is 0 Å². The van der Waals surface area contributed by atoms with Crippen LogP contribution < -0.4 is 4.74 Å². The zero-order chi connectivity index (χ0) is 14.9. The number of ether oxygens (including phenoxy) is 2. The van der Waals surface area contributed by atoms with Crippen molar-refractivity contribution in [2.75, 3.05) is 13.7 Å². The molecule has 1 aliphatic heterocycles. The quantitative estimate of drug-likeness (QED) is 0.921. The summed E-state index contributed by atoms with van der Waals surface area (Å²) in [5.41, 5.74) is 2.13. The van der Waals surface area contributed by atoms with Gasteiger partial charge in [-0.2, -0.15) is 0 Å². The largest absolute Gasteiger partial charge is 0.496 e. The van der Waals surface area contributed by atoms with Gasteiger partial charge in [-0.25, -0.2) is 0 Å². The lowest BCUT2D eigenvalue weighted by Crippen LogP contribution is -2.39. The van der Waals surface area contributed by atoms with E-state index in [2.05, 4.69) is 0 Å². The summed E-state index contributed by atoms with van der Waals surface area (Å²) in [4.78, 5) is 0. The van der Waals surface area contributed by atoms with Gasteiger partial charge in [0.1, 0.15) is 5.75 Å². The molecular weight excluding hydrogens is 264 g/mol. The highest BCUT2D eigenvalue weighted by atomic mass is 16.5. The summed E-state index contributed by atoms with van der Waals surface area (Å²) in [6, 6.07) is 6.04.